The number of aromatic nitrogens is 1. The molecule has 1 aromatic carbocycles. The lowest BCUT2D eigenvalue weighted by atomic mass is 9.97. The van der Waals surface area contributed by atoms with Crippen LogP contribution in [0.3, 0.4) is 0 Å². The van der Waals surface area contributed by atoms with Gasteiger partial charge in [0.25, 0.3) is 0 Å². The zero-order chi connectivity index (χ0) is 21.8. The molecular formula is C23H25N5O2S. The van der Waals surface area contributed by atoms with Crippen molar-refractivity contribution in [1.82, 2.24) is 9.88 Å². The molecule has 4 rings (SSSR count). The van der Waals surface area contributed by atoms with E-state index >= 15 is 0 Å². The predicted octanol–water partition coefficient (Wildman–Crippen LogP) is 3.68. The monoisotopic (exact) mass is 435 g/mol. The maximum absolute atomic E-state index is 12.9. The van der Waals surface area contributed by atoms with Crippen LogP contribution in [0.4, 0.5) is 11.5 Å². The quantitative estimate of drug-likeness (QED) is 0.429. The summed E-state index contributed by atoms with van der Waals surface area (Å²) < 4.78 is 5.37. The zero-order valence-electron chi connectivity index (χ0n) is 17.3. The molecule has 1 saturated heterocycles. The van der Waals surface area contributed by atoms with E-state index in [-0.39, 0.29) is 17.2 Å². The summed E-state index contributed by atoms with van der Waals surface area (Å²) in [7, 11) is 0. The molecule has 8 heteroatoms. The maximum atomic E-state index is 12.9. The summed E-state index contributed by atoms with van der Waals surface area (Å²) in [5, 5.41) is 10.3. The van der Waals surface area contributed by atoms with Crippen LogP contribution >= 0.6 is 11.3 Å². The molecular weight excluding hydrogens is 410 g/mol. The van der Waals surface area contributed by atoms with Gasteiger partial charge in [-0.15, -0.1) is 11.3 Å². The van der Waals surface area contributed by atoms with E-state index in [1.165, 1.54) is 11.3 Å². The van der Waals surface area contributed by atoms with Gasteiger partial charge >= 0.3 is 0 Å². The number of hydrogen-bond acceptors (Lipinski definition) is 8. The van der Waals surface area contributed by atoms with Gasteiger partial charge in [0.1, 0.15) is 22.3 Å². The molecule has 7 nitrogen and oxygen atoms in total. The lowest BCUT2D eigenvalue weighted by Gasteiger charge is -2.26. The Bertz CT molecular complexity index is 1130. The average Bonchev–Trinajstić information content (AvgIpc) is 3.12. The van der Waals surface area contributed by atoms with Crippen molar-refractivity contribution in [3.8, 4) is 17.2 Å². The van der Waals surface area contributed by atoms with Crippen molar-refractivity contribution in [3.63, 3.8) is 0 Å². The molecule has 3 aromatic rings. The molecule has 1 fully saturated rings. The average molecular weight is 436 g/mol. The number of benzene rings is 1. The van der Waals surface area contributed by atoms with Crippen LogP contribution in [0.25, 0.3) is 21.3 Å². The number of nitriles is 1. The third kappa shape index (κ3) is 4.39. The molecule has 0 atom stereocenters. The van der Waals surface area contributed by atoms with Gasteiger partial charge in [-0.25, -0.2) is 4.98 Å². The van der Waals surface area contributed by atoms with Crippen LogP contribution in [0.1, 0.15) is 34.5 Å². The summed E-state index contributed by atoms with van der Waals surface area (Å²) in [6, 6.07) is 11.6. The Morgan fingerprint density at radius 1 is 1.19 bits per heavy atom. The predicted molar refractivity (Wildman–Crippen MR) is 124 cm³/mol. The van der Waals surface area contributed by atoms with Crippen LogP contribution in [-0.2, 0) is 4.74 Å². The fourth-order valence-electron chi connectivity index (χ4n) is 3.94. The van der Waals surface area contributed by atoms with Gasteiger partial charge in [-0.3, -0.25) is 9.69 Å². The second-order valence-electron chi connectivity index (χ2n) is 7.58. The van der Waals surface area contributed by atoms with E-state index in [2.05, 4.69) is 16.0 Å². The molecule has 1 aliphatic rings. The number of anilines is 2. The number of Topliss-reactive ketones (excluding diaryl/α,β-unsaturated/α-hetero) is 1. The second kappa shape index (κ2) is 9.43. The fraction of sp³-hybridized carbons (Fsp3) is 0.348. The molecule has 31 heavy (non-hydrogen) atoms. The van der Waals surface area contributed by atoms with E-state index in [1.807, 2.05) is 30.3 Å². The standard InChI is InChI=1S/C23H25N5O2S/c24-14-16-18(15-6-2-1-3-7-15)19-20(25)21(31-23(19)27-22(16)26)17(29)8-4-5-9-28-10-12-30-13-11-28/h1-3,6-7H,4-5,8-13,25H2,(H2,26,27). The van der Waals surface area contributed by atoms with E-state index in [4.69, 9.17) is 16.2 Å². The van der Waals surface area contributed by atoms with Gasteiger partial charge < -0.3 is 16.2 Å². The second-order valence-corrected chi connectivity index (χ2v) is 8.58. The highest BCUT2D eigenvalue weighted by molar-refractivity contribution is 7.21. The Balaban J connectivity index is 1.59. The van der Waals surface area contributed by atoms with Crippen molar-refractivity contribution in [2.45, 2.75) is 19.3 Å². The fourth-order valence-corrected chi connectivity index (χ4v) is 5.02. The minimum absolute atomic E-state index is 0.0126. The van der Waals surface area contributed by atoms with Gasteiger partial charge in [-0.1, -0.05) is 30.3 Å². The Labute approximate surface area is 185 Å². The smallest absolute Gasteiger partial charge is 0.174 e. The van der Waals surface area contributed by atoms with E-state index < -0.39 is 0 Å². The molecule has 1 aliphatic heterocycles. The highest BCUT2D eigenvalue weighted by atomic mass is 32.1. The number of morpholine rings is 1. The molecule has 0 radical (unpaired) electrons. The van der Waals surface area contributed by atoms with Crippen molar-refractivity contribution < 1.29 is 9.53 Å². The number of nitrogens with zero attached hydrogens (tertiary/aromatic N) is 3. The van der Waals surface area contributed by atoms with E-state index in [1.54, 1.807) is 0 Å². The molecule has 3 heterocycles. The topological polar surface area (TPSA) is 118 Å². The molecule has 0 saturated carbocycles. The lowest BCUT2D eigenvalue weighted by molar-refractivity contribution is 0.0371. The summed E-state index contributed by atoms with van der Waals surface area (Å²) in [5.74, 6) is 0.165. The number of pyridine rings is 1. The van der Waals surface area contributed by atoms with Crippen molar-refractivity contribution in [2.75, 3.05) is 44.3 Å². The van der Waals surface area contributed by atoms with Gasteiger partial charge in [-0.2, -0.15) is 5.26 Å². The Morgan fingerprint density at radius 3 is 2.65 bits per heavy atom. The highest BCUT2D eigenvalue weighted by Crippen LogP contribution is 2.42. The van der Waals surface area contributed by atoms with Gasteiger partial charge in [0.2, 0.25) is 0 Å². The summed E-state index contributed by atoms with van der Waals surface area (Å²) in [6.07, 6.45) is 2.19. The Morgan fingerprint density at radius 2 is 1.94 bits per heavy atom. The molecule has 4 N–H and O–H groups in total. The molecule has 2 aromatic heterocycles. The van der Waals surface area contributed by atoms with Gasteiger partial charge in [0.15, 0.2) is 5.78 Å². The van der Waals surface area contributed by atoms with Crippen LogP contribution in [0.2, 0.25) is 0 Å². The number of carbonyl (C=O) groups excluding carboxylic acids is 1. The largest absolute Gasteiger partial charge is 0.397 e. The minimum Gasteiger partial charge on any atom is -0.397 e. The summed E-state index contributed by atoms with van der Waals surface area (Å²) in [4.78, 5) is 20.8. The number of ketones is 1. The molecule has 0 aliphatic carbocycles. The molecule has 0 unspecified atom stereocenters. The third-order valence-corrected chi connectivity index (χ3v) is 6.70. The first-order chi connectivity index (χ1) is 15.1. The van der Waals surface area contributed by atoms with Crippen molar-refractivity contribution in [2.24, 2.45) is 0 Å². The number of nitrogens with two attached hydrogens (primary N) is 2. The van der Waals surface area contributed by atoms with E-state index in [0.29, 0.717) is 32.8 Å². The van der Waals surface area contributed by atoms with Gasteiger partial charge in [0, 0.05) is 30.5 Å². The third-order valence-electron chi connectivity index (χ3n) is 5.56. The van der Waals surface area contributed by atoms with Crippen LogP contribution in [-0.4, -0.2) is 48.5 Å². The number of fused-ring (bicyclic) bond motifs is 1. The van der Waals surface area contributed by atoms with Crippen LogP contribution in [0.15, 0.2) is 30.3 Å². The lowest BCUT2D eigenvalue weighted by Crippen LogP contribution is -2.36. The molecule has 0 spiro atoms. The Kier molecular flexibility index (Phi) is 6.47. The van der Waals surface area contributed by atoms with Crippen molar-refractivity contribution in [3.05, 3.63) is 40.8 Å². The van der Waals surface area contributed by atoms with Gasteiger partial charge in [0.05, 0.1) is 23.8 Å². The Hall–Kier alpha value is -2.99. The normalized spacial score (nSPS) is 14.5. The summed E-state index contributed by atoms with van der Waals surface area (Å²) in [6.45, 7) is 4.44. The number of rotatable bonds is 7. The first kappa shape index (κ1) is 21.2. The highest BCUT2D eigenvalue weighted by Gasteiger charge is 2.24. The summed E-state index contributed by atoms with van der Waals surface area (Å²) >= 11 is 1.26. The number of unbranched alkanes of at least 4 members (excludes halogenated alkanes) is 1. The number of hydrogen-bond donors (Lipinski definition) is 2. The van der Waals surface area contributed by atoms with Crippen LogP contribution in [0.5, 0.6) is 0 Å². The number of carbonyl (C=O) groups is 1. The van der Waals surface area contributed by atoms with Crippen molar-refractivity contribution in [1.29, 1.82) is 5.26 Å². The van der Waals surface area contributed by atoms with E-state index in [9.17, 15) is 10.1 Å². The number of thiophene rings is 1. The summed E-state index contributed by atoms with van der Waals surface area (Å²) in [5.41, 5.74) is 14.7. The first-order valence-corrected chi connectivity index (χ1v) is 11.2. The van der Waals surface area contributed by atoms with E-state index in [0.717, 1.165) is 51.3 Å². The zero-order valence-corrected chi connectivity index (χ0v) is 18.1. The van der Waals surface area contributed by atoms with Crippen LogP contribution in [0, 0.1) is 11.3 Å². The molecule has 0 bridgehead atoms. The minimum atomic E-state index is 0.0126. The first-order valence-electron chi connectivity index (χ1n) is 10.4. The maximum Gasteiger partial charge on any atom is 0.174 e. The number of nitrogen functional groups attached to an aromatic ring is 2. The molecule has 160 valence electrons. The SMILES string of the molecule is N#Cc1c(N)nc2sc(C(=O)CCCCN3CCOCC3)c(N)c2c1-c1ccccc1. The number of ether oxygens (including phenoxy) is 1. The van der Waals surface area contributed by atoms with Crippen molar-refractivity contribution >= 4 is 38.8 Å². The molecule has 0 amide bonds. The van der Waals surface area contributed by atoms with Crippen LogP contribution < -0.4 is 11.5 Å². The van der Waals surface area contributed by atoms with Gasteiger partial charge in [-0.05, 0) is 24.9 Å².